The summed E-state index contributed by atoms with van der Waals surface area (Å²) in [6, 6.07) is 0. The molecule has 2 atom stereocenters. The standard InChI is InChI=1S/C6H9F3O3S/c1-13(10,11)12-3-4-2-5(4)6(7,8)9/h4-5H,2-3H2,1H3/t4-,5+/m1/s1. The van der Waals surface area contributed by atoms with Crippen molar-refractivity contribution in [2.75, 3.05) is 12.9 Å². The van der Waals surface area contributed by atoms with E-state index in [9.17, 15) is 21.6 Å². The zero-order valence-electron chi connectivity index (χ0n) is 6.84. The third kappa shape index (κ3) is 3.51. The Morgan fingerprint density at radius 2 is 2.00 bits per heavy atom. The third-order valence-corrected chi connectivity index (χ3v) is 2.40. The molecular formula is C6H9F3O3S. The molecule has 0 unspecified atom stereocenters. The molecule has 1 aliphatic carbocycles. The first-order chi connectivity index (χ1) is 5.70. The van der Waals surface area contributed by atoms with Gasteiger partial charge in [-0.1, -0.05) is 0 Å². The van der Waals surface area contributed by atoms with E-state index in [2.05, 4.69) is 4.18 Å². The van der Waals surface area contributed by atoms with Crippen LogP contribution in [-0.4, -0.2) is 27.5 Å². The monoisotopic (exact) mass is 218 g/mol. The van der Waals surface area contributed by atoms with Gasteiger partial charge in [-0.05, 0) is 12.3 Å². The van der Waals surface area contributed by atoms with E-state index in [-0.39, 0.29) is 13.0 Å². The van der Waals surface area contributed by atoms with E-state index in [0.29, 0.717) is 0 Å². The van der Waals surface area contributed by atoms with Crippen molar-refractivity contribution in [3.8, 4) is 0 Å². The average molecular weight is 218 g/mol. The van der Waals surface area contributed by atoms with E-state index in [0.717, 1.165) is 6.26 Å². The second-order valence-corrected chi connectivity index (χ2v) is 4.78. The molecule has 1 fully saturated rings. The third-order valence-electron chi connectivity index (χ3n) is 1.84. The highest BCUT2D eigenvalue weighted by molar-refractivity contribution is 7.85. The molecule has 0 aromatic heterocycles. The predicted octanol–water partition coefficient (Wildman–Crippen LogP) is 1.16. The summed E-state index contributed by atoms with van der Waals surface area (Å²) in [6.07, 6.45) is -3.43. The fraction of sp³-hybridized carbons (Fsp3) is 1.00. The van der Waals surface area contributed by atoms with Gasteiger partial charge in [0.1, 0.15) is 0 Å². The van der Waals surface area contributed by atoms with Crippen molar-refractivity contribution in [1.29, 1.82) is 0 Å². The number of alkyl halides is 3. The highest BCUT2D eigenvalue weighted by Gasteiger charge is 2.55. The van der Waals surface area contributed by atoms with Crippen LogP contribution in [0.25, 0.3) is 0 Å². The van der Waals surface area contributed by atoms with Crippen molar-refractivity contribution in [2.24, 2.45) is 11.8 Å². The second-order valence-electron chi connectivity index (χ2n) is 3.13. The summed E-state index contributed by atoms with van der Waals surface area (Å²) in [7, 11) is -3.62. The summed E-state index contributed by atoms with van der Waals surface area (Å²) in [4.78, 5) is 0. The fourth-order valence-electron chi connectivity index (χ4n) is 1.04. The lowest BCUT2D eigenvalue weighted by molar-refractivity contribution is -0.151. The van der Waals surface area contributed by atoms with Crippen LogP contribution in [0.4, 0.5) is 13.2 Å². The Labute approximate surface area is 74.0 Å². The minimum atomic E-state index is -4.22. The minimum absolute atomic E-state index is 0.0288. The Kier molecular flexibility index (Phi) is 2.59. The molecule has 0 N–H and O–H groups in total. The number of hydrogen-bond donors (Lipinski definition) is 0. The average Bonchev–Trinajstić information content (AvgIpc) is 2.57. The summed E-state index contributed by atoms with van der Waals surface area (Å²) in [5.41, 5.74) is 0. The van der Waals surface area contributed by atoms with Gasteiger partial charge in [0, 0.05) is 0 Å². The summed E-state index contributed by atoms with van der Waals surface area (Å²) in [5, 5.41) is 0. The molecule has 0 saturated heterocycles. The van der Waals surface area contributed by atoms with Crippen molar-refractivity contribution in [3.05, 3.63) is 0 Å². The zero-order valence-corrected chi connectivity index (χ0v) is 7.65. The van der Waals surface area contributed by atoms with Gasteiger partial charge in [-0.3, -0.25) is 4.18 Å². The highest BCUT2D eigenvalue weighted by Crippen LogP contribution is 2.50. The molecule has 13 heavy (non-hydrogen) atoms. The van der Waals surface area contributed by atoms with Crippen LogP contribution in [0.1, 0.15) is 6.42 Å². The molecule has 3 nitrogen and oxygen atoms in total. The Hall–Kier alpha value is -0.300. The van der Waals surface area contributed by atoms with E-state index in [1.54, 1.807) is 0 Å². The first kappa shape index (κ1) is 10.8. The fourth-order valence-corrected chi connectivity index (χ4v) is 1.47. The maximum absolute atomic E-state index is 11.9. The lowest BCUT2D eigenvalue weighted by Gasteiger charge is -2.04. The zero-order chi connectivity index (χ0) is 10.3. The van der Waals surface area contributed by atoms with Crippen LogP contribution in [0.3, 0.4) is 0 Å². The lowest BCUT2D eigenvalue weighted by Crippen LogP contribution is -2.14. The van der Waals surface area contributed by atoms with E-state index >= 15 is 0 Å². The van der Waals surface area contributed by atoms with Gasteiger partial charge >= 0.3 is 6.18 Å². The molecule has 1 saturated carbocycles. The topological polar surface area (TPSA) is 43.4 Å². The Morgan fingerprint density at radius 3 is 2.31 bits per heavy atom. The molecule has 0 amide bonds. The second kappa shape index (κ2) is 3.13. The first-order valence-corrected chi connectivity index (χ1v) is 5.43. The van der Waals surface area contributed by atoms with Gasteiger partial charge in [0.15, 0.2) is 0 Å². The molecule has 0 heterocycles. The molecular weight excluding hydrogens is 209 g/mol. The molecule has 0 spiro atoms. The summed E-state index contributed by atoms with van der Waals surface area (Å²) in [5.74, 6) is -2.07. The predicted molar refractivity (Wildman–Crippen MR) is 38.4 cm³/mol. The molecule has 78 valence electrons. The first-order valence-electron chi connectivity index (χ1n) is 3.61. The summed E-state index contributed by atoms with van der Waals surface area (Å²) >= 11 is 0. The lowest BCUT2D eigenvalue weighted by atomic mass is 10.3. The largest absolute Gasteiger partial charge is 0.392 e. The van der Waals surface area contributed by atoms with Crippen LogP contribution in [-0.2, 0) is 14.3 Å². The SMILES string of the molecule is CS(=O)(=O)OC[C@H]1C[C@@H]1C(F)(F)F. The van der Waals surface area contributed by atoms with E-state index in [1.165, 1.54) is 0 Å². The number of hydrogen-bond acceptors (Lipinski definition) is 3. The van der Waals surface area contributed by atoms with Crippen LogP contribution >= 0.6 is 0 Å². The van der Waals surface area contributed by atoms with Gasteiger partial charge in [-0.2, -0.15) is 21.6 Å². The maximum Gasteiger partial charge on any atom is 0.392 e. The molecule has 0 radical (unpaired) electrons. The van der Waals surface area contributed by atoms with Crippen molar-refractivity contribution in [2.45, 2.75) is 12.6 Å². The van der Waals surface area contributed by atoms with Crippen molar-refractivity contribution >= 4 is 10.1 Å². The smallest absolute Gasteiger partial charge is 0.270 e. The van der Waals surface area contributed by atoms with E-state index < -0.39 is 28.1 Å². The molecule has 0 aromatic carbocycles. The molecule has 0 bridgehead atoms. The highest BCUT2D eigenvalue weighted by atomic mass is 32.2. The van der Waals surface area contributed by atoms with Crippen LogP contribution in [0.5, 0.6) is 0 Å². The molecule has 0 aliphatic heterocycles. The van der Waals surface area contributed by atoms with Crippen molar-refractivity contribution in [1.82, 2.24) is 0 Å². The van der Waals surface area contributed by atoms with Gasteiger partial charge in [-0.25, -0.2) is 0 Å². The maximum atomic E-state index is 11.9. The molecule has 7 heteroatoms. The Bertz CT molecular complexity index is 282. The quantitative estimate of drug-likeness (QED) is 0.667. The normalized spacial score (nSPS) is 28.9. The van der Waals surface area contributed by atoms with Gasteiger partial charge in [0.25, 0.3) is 10.1 Å². The van der Waals surface area contributed by atoms with Gasteiger partial charge in [0.05, 0.1) is 18.8 Å². The van der Waals surface area contributed by atoms with Gasteiger partial charge in [0.2, 0.25) is 0 Å². The number of halogens is 3. The molecule has 1 aliphatic rings. The Balaban J connectivity index is 2.30. The molecule has 0 aromatic rings. The summed E-state index contributed by atoms with van der Waals surface area (Å²) < 4.78 is 60.8. The van der Waals surface area contributed by atoms with Crippen LogP contribution in [0.15, 0.2) is 0 Å². The van der Waals surface area contributed by atoms with Crippen LogP contribution in [0, 0.1) is 11.8 Å². The molecule has 1 rings (SSSR count). The number of rotatable bonds is 3. The van der Waals surface area contributed by atoms with Crippen LogP contribution < -0.4 is 0 Å². The Morgan fingerprint density at radius 1 is 1.46 bits per heavy atom. The van der Waals surface area contributed by atoms with Gasteiger partial charge in [-0.15, -0.1) is 0 Å². The van der Waals surface area contributed by atoms with E-state index in [4.69, 9.17) is 0 Å². The summed E-state index contributed by atoms with van der Waals surface area (Å²) in [6.45, 7) is -0.358. The van der Waals surface area contributed by atoms with E-state index in [1.807, 2.05) is 0 Å². The van der Waals surface area contributed by atoms with Gasteiger partial charge < -0.3 is 0 Å². The van der Waals surface area contributed by atoms with Crippen LogP contribution in [0.2, 0.25) is 0 Å². The van der Waals surface area contributed by atoms with Crippen molar-refractivity contribution in [3.63, 3.8) is 0 Å². The minimum Gasteiger partial charge on any atom is -0.270 e. The van der Waals surface area contributed by atoms with Crippen molar-refractivity contribution < 1.29 is 25.8 Å².